The first-order chi connectivity index (χ1) is 3.18. The van der Waals surface area contributed by atoms with E-state index in [0.29, 0.717) is 0 Å². The minimum atomic E-state index is -1.25. The van der Waals surface area contributed by atoms with E-state index in [9.17, 15) is 4.79 Å². The van der Waals surface area contributed by atoms with E-state index in [2.05, 4.69) is 11.7 Å². The molecule has 0 bridgehead atoms. The Hall–Kier alpha value is 0.534. The summed E-state index contributed by atoms with van der Waals surface area (Å²) in [5, 5.41) is 8.24. The van der Waals surface area contributed by atoms with Crippen molar-refractivity contribution < 1.29 is 47.3 Å². The van der Waals surface area contributed by atoms with Crippen molar-refractivity contribution in [3.63, 3.8) is 0 Å². The molecule has 1 atom stereocenters. The van der Waals surface area contributed by atoms with E-state index < -0.39 is 12.1 Å². The van der Waals surface area contributed by atoms with Crippen LogP contribution in [0.25, 0.3) is 0 Å². The molecular formula is C4H7O3Y-. The summed E-state index contributed by atoms with van der Waals surface area (Å²) in [6, 6.07) is 0. The number of aliphatic hydroxyl groups excluding tert-OH is 1. The van der Waals surface area contributed by atoms with E-state index in [1.54, 1.807) is 0 Å². The van der Waals surface area contributed by atoms with Gasteiger partial charge in [0.05, 0.1) is 7.11 Å². The molecule has 0 amide bonds. The van der Waals surface area contributed by atoms with Crippen molar-refractivity contribution in [1.29, 1.82) is 0 Å². The molecule has 0 aromatic carbocycles. The van der Waals surface area contributed by atoms with Crippen LogP contribution in [-0.4, -0.2) is 24.3 Å². The first kappa shape index (κ1) is 11.3. The van der Waals surface area contributed by atoms with Gasteiger partial charge in [0.2, 0.25) is 0 Å². The van der Waals surface area contributed by atoms with Crippen LogP contribution in [-0.2, 0) is 42.2 Å². The molecule has 8 heavy (non-hydrogen) atoms. The van der Waals surface area contributed by atoms with Crippen LogP contribution in [0, 0.1) is 6.92 Å². The summed E-state index contributed by atoms with van der Waals surface area (Å²) in [6.07, 6.45) is -1.25. The van der Waals surface area contributed by atoms with Gasteiger partial charge in [0.15, 0.2) is 0 Å². The van der Waals surface area contributed by atoms with Gasteiger partial charge in [-0.25, -0.2) is 0 Å². The largest absolute Gasteiger partial charge is 0.469 e. The molecule has 0 aromatic rings. The number of methoxy groups -OCH3 is 1. The second-order valence-electron chi connectivity index (χ2n) is 1.04. The fraction of sp³-hybridized carbons (Fsp3) is 0.500. The molecule has 3 nitrogen and oxygen atoms in total. The molecule has 0 aromatic heterocycles. The number of ether oxygens (including phenoxy) is 1. The van der Waals surface area contributed by atoms with Crippen molar-refractivity contribution >= 4 is 5.97 Å². The van der Waals surface area contributed by atoms with Crippen LogP contribution in [0.4, 0.5) is 0 Å². The standard InChI is InChI=1S/C4H7O3.Y/c1-3(5)4(6)7-2;/h3,5H,1H2,2H3;/q-1;. The van der Waals surface area contributed by atoms with E-state index in [1.807, 2.05) is 0 Å². The molecule has 0 heterocycles. The molecule has 0 spiro atoms. The molecule has 0 rings (SSSR count). The number of aliphatic hydroxyl groups is 1. The van der Waals surface area contributed by atoms with Gasteiger partial charge < -0.3 is 16.8 Å². The van der Waals surface area contributed by atoms with E-state index in [1.165, 1.54) is 7.11 Å². The third-order valence-corrected chi connectivity index (χ3v) is 0.473. The summed E-state index contributed by atoms with van der Waals surface area (Å²) in [4.78, 5) is 9.98. The van der Waals surface area contributed by atoms with Crippen LogP contribution in [0.5, 0.6) is 0 Å². The summed E-state index contributed by atoms with van der Waals surface area (Å²) in [5.74, 6) is -0.708. The van der Waals surface area contributed by atoms with Gasteiger partial charge in [-0.15, -0.1) is 0 Å². The van der Waals surface area contributed by atoms with Gasteiger partial charge in [-0.2, -0.15) is 0 Å². The topological polar surface area (TPSA) is 46.5 Å². The molecule has 4 heteroatoms. The van der Waals surface area contributed by atoms with Gasteiger partial charge in [0.1, 0.15) is 0 Å². The molecule has 1 unspecified atom stereocenters. The normalized spacial score (nSPS) is 11.4. The Bertz CT molecular complexity index is 71.7. The van der Waals surface area contributed by atoms with Crippen LogP contribution in [0.2, 0.25) is 0 Å². The van der Waals surface area contributed by atoms with Crippen molar-refractivity contribution in [2.45, 2.75) is 6.10 Å². The van der Waals surface area contributed by atoms with Crippen LogP contribution in [0.3, 0.4) is 0 Å². The summed E-state index contributed by atoms with van der Waals surface area (Å²) >= 11 is 0. The smallest absolute Gasteiger partial charge is 0.302 e. The zero-order chi connectivity index (χ0) is 5.86. The van der Waals surface area contributed by atoms with E-state index >= 15 is 0 Å². The predicted octanol–water partition coefficient (Wildman–Crippen LogP) is -0.648. The molecule has 0 fully saturated rings. The maximum atomic E-state index is 9.98. The second-order valence-corrected chi connectivity index (χ2v) is 1.04. The summed E-state index contributed by atoms with van der Waals surface area (Å²) in [7, 11) is 1.19. The monoisotopic (exact) mass is 192 g/mol. The zero-order valence-electron chi connectivity index (χ0n) is 4.63. The van der Waals surface area contributed by atoms with Gasteiger partial charge in [-0.3, -0.25) is 4.79 Å². The Balaban J connectivity index is 0. The number of rotatable bonds is 1. The SMILES string of the molecule is [CH2-]C(O)C(=O)OC.[Y]. The van der Waals surface area contributed by atoms with E-state index in [-0.39, 0.29) is 32.7 Å². The van der Waals surface area contributed by atoms with Gasteiger partial charge in [-0.05, 0) is 0 Å². The number of esters is 1. The number of carbonyl (C=O) groups is 1. The van der Waals surface area contributed by atoms with Gasteiger partial charge in [0, 0.05) is 38.8 Å². The van der Waals surface area contributed by atoms with Gasteiger partial charge >= 0.3 is 5.97 Å². The van der Waals surface area contributed by atoms with Crippen molar-refractivity contribution in [1.82, 2.24) is 0 Å². The van der Waals surface area contributed by atoms with Crippen LogP contribution in [0.1, 0.15) is 0 Å². The maximum absolute atomic E-state index is 9.98. The van der Waals surface area contributed by atoms with Gasteiger partial charge in [0.25, 0.3) is 0 Å². The summed E-state index contributed by atoms with van der Waals surface area (Å²) < 4.78 is 4.06. The quantitative estimate of drug-likeness (QED) is 0.443. The molecule has 45 valence electrons. The van der Waals surface area contributed by atoms with Crippen LogP contribution < -0.4 is 0 Å². The fourth-order valence-electron chi connectivity index (χ4n) is 0.136. The van der Waals surface area contributed by atoms with Gasteiger partial charge in [-0.1, -0.05) is 0 Å². The van der Waals surface area contributed by atoms with E-state index in [0.717, 1.165) is 0 Å². The van der Waals surface area contributed by atoms with Crippen molar-refractivity contribution in [2.75, 3.05) is 7.11 Å². The number of carbonyl (C=O) groups excluding carboxylic acids is 1. The second kappa shape index (κ2) is 5.67. The molecule has 0 saturated heterocycles. The first-order valence-corrected chi connectivity index (χ1v) is 1.77. The molecule has 1 N–H and O–H groups in total. The Kier molecular flexibility index (Phi) is 8.04. The Morgan fingerprint density at radius 3 is 2.25 bits per heavy atom. The molecule has 0 aliphatic heterocycles. The third kappa shape index (κ3) is 4.69. The van der Waals surface area contributed by atoms with Crippen LogP contribution in [0.15, 0.2) is 0 Å². The predicted molar refractivity (Wildman–Crippen MR) is 23.4 cm³/mol. The maximum Gasteiger partial charge on any atom is 0.302 e. The minimum absolute atomic E-state index is 0. The zero-order valence-corrected chi connectivity index (χ0v) is 7.46. The number of hydrogen-bond donors (Lipinski definition) is 1. The summed E-state index contributed by atoms with van der Waals surface area (Å²) in [5.41, 5.74) is 0. The van der Waals surface area contributed by atoms with Crippen LogP contribution >= 0.6 is 0 Å². The van der Waals surface area contributed by atoms with Crippen molar-refractivity contribution in [3.8, 4) is 0 Å². The fourth-order valence-corrected chi connectivity index (χ4v) is 0.136. The first-order valence-electron chi connectivity index (χ1n) is 1.77. The third-order valence-electron chi connectivity index (χ3n) is 0.473. The Morgan fingerprint density at radius 2 is 2.25 bits per heavy atom. The Labute approximate surface area is 73.3 Å². The molecule has 0 aliphatic carbocycles. The average Bonchev–Trinajstić information content (AvgIpc) is 1.65. The molecular weight excluding hydrogens is 185 g/mol. The van der Waals surface area contributed by atoms with E-state index in [4.69, 9.17) is 5.11 Å². The van der Waals surface area contributed by atoms with Crippen molar-refractivity contribution in [3.05, 3.63) is 6.92 Å². The summed E-state index contributed by atoms with van der Waals surface area (Å²) in [6.45, 7) is 2.99. The minimum Gasteiger partial charge on any atom is -0.469 e. The van der Waals surface area contributed by atoms with Crippen molar-refractivity contribution in [2.24, 2.45) is 0 Å². The molecule has 0 saturated carbocycles. The number of hydrogen-bond acceptors (Lipinski definition) is 3. The average molecular weight is 192 g/mol. The molecule has 1 radical (unpaired) electrons. The Morgan fingerprint density at radius 1 is 1.88 bits per heavy atom. The molecule has 0 aliphatic rings.